The lowest BCUT2D eigenvalue weighted by molar-refractivity contribution is -0.152. The number of carboxylic acids is 1. The zero-order valence-corrected chi connectivity index (χ0v) is 12.7. The summed E-state index contributed by atoms with van der Waals surface area (Å²) in [4.78, 5) is 24.4. The fraction of sp³-hybridized carbons (Fsp3) is 0.857. The maximum absolute atomic E-state index is 12.4. The number of carboxylic acid groups (broad SMARTS) is 1. The topological polar surface area (TPSA) is 69.6 Å². The van der Waals surface area contributed by atoms with Gasteiger partial charge in [-0.15, -0.1) is 0 Å². The highest BCUT2D eigenvalue weighted by Gasteiger charge is 2.35. The van der Waals surface area contributed by atoms with Crippen LogP contribution in [0.2, 0.25) is 0 Å². The second-order valence-electron chi connectivity index (χ2n) is 5.73. The van der Waals surface area contributed by atoms with Crippen molar-refractivity contribution in [1.29, 1.82) is 0 Å². The Hall–Kier alpha value is -1.31. The molecule has 0 aliphatic carbocycles. The van der Waals surface area contributed by atoms with Gasteiger partial charge in [0.05, 0.1) is 12.5 Å². The minimum atomic E-state index is -4.29. The van der Waals surface area contributed by atoms with Gasteiger partial charge in [-0.3, -0.25) is 9.69 Å². The molecule has 1 heterocycles. The summed E-state index contributed by atoms with van der Waals surface area (Å²) in [7, 11) is 0. The molecule has 0 saturated carbocycles. The third-order valence-electron chi connectivity index (χ3n) is 3.74. The number of unbranched alkanes of at least 4 members (excludes halogenated alkanes) is 1. The molecule has 0 aromatic carbocycles. The molecular formula is C14H23F3N2O3. The summed E-state index contributed by atoms with van der Waals surface area (Å²) >= 11 is 0. The van der Waals surface area contributed by atoms with Crippen molar-refractivity contribution in [2.24, 2.45) is 5.92 Å². The van der Waals surface area contributed by atoms with Gasteiger partial charge in [0.2, 0.25) is 5.91 Å². The molecule has 0 bridgehead atoms. The minimum Gasteiger partial charge on any atom is -0.480 e. The van der Waals surface area contributed by atoms with E-state index in [-0.39, 0.29) is 6.54 Å². The fourth-order valence-electron chi connectivity index (χ4n) is 2.62. The molecule has 128 valence electrons. The molecule has 22 heavy (non-hydrogen) atoms. The number of nitrogens with one attached hydrogen (secondary N) is 1. The van der Waals surface area contributed by atoms with Crippen molar-refractivity contribution in [2.75, 3.05) is 19.6 Å². The summed E-state index contributed by atoms with van der Waals surface area (Å²) in [6, 6.07) is -0.967. The molecule has 1 unspecified atom stereocenters. The molecule has 1 rings (SSSR count). The Morgan fingerprint density at radius 2 is 2.09 bits per heavy atom. The van der Waals surface area contributed by atoms with Gasteiger partial charge in [0.1, 0.15) is 6.04 Å². The lowest BCUT2D eigenvalue weighted by atomic mass is 9.96. The first kappa shape index (κ1) is 18.7. The van der Waals surface area contributed by atoms with Crippen molar-refractivity contribution in [3.63, 3.8) is 0 Å². The molecule has 0 aromatic rings. The van der Waals surface area contributed by atoms with Crippen LogP contribution in [-0.2, 0) is 9.59 Å². The highest BCUT2D eigenvalue weighted by Crippen LogP contribution is 2.22. The van der Waals surface area contributed by atoms with E-state index < -0.39 is 36.6 Å². The van der Waals surface area contributed by atoms with E-state index in [4.69, 9.17) is 5.11 Å². The van der Waals surface area contributed by atoms with Crippen molar-refractivity contribution in [1.82, 2.24) is 10.2 Å². The van der Waals surface area contributed by atoms with Crippen LogP contribution in [0.4, 0.5) is 13.2 Å². The molecule has 8 heteroatoms. The SMILES string of the molecule is CCCC[C@H](NC(=O)C1CCCN(CC(F)(F)F)C1)C(=O)O. The lowest BCUT2D eigenvalue weighted by Crippen LogP contribution is -2.49. The second-order valence-corrected chi connectivity index (χ2v) is 5.73. The number of rotatable bonds is 7. The minimum absolute atomic E-state index is 0.0193. The number of alkyl halides is 3. The Bertz CT molecular complexity index is 388. The van der Waals surface area contributed by atoms with Crippen molar-refractivity contribution < 1.29 is 27.9 Å². The molecule has 0 radical (unpaired) electrons. The van der Waals surface area contributed by atoms with Crippen LogP contribution in [0.25, 0.3) is 0 Å². The van der Waals surface area contributed by atoms with Crippen LogP contribution in [0, 0.1) is 5.92 Å². The number of carbonyl (C=O) groups is 2. The zero-order chi connectivity index (χ0) is 16.8. The molecule has 1 fully saturated rings. The van der Waals surface area contributed by atoms with Crippen molar-refractivity contribution >= 4 is 11.9 Å². The Morgan fingerprint density at radius 3 is 2.64 bits per heavy atom. The molecular weight excluding hydrogens is 301 g/mol. The van der Waals surface area contributed by atoms with Crippen molar-refractivity contribution in [2.45, 2.75) is 51.2 Å². The molecule has 5 nitrogen and oxygen atoms in total. The molecule has 1 amide bonds. The second kappa shape index (κ2) is 8.36. The number of likely N-dealkylation sites (tertiary alicyclic amines) is 1. The summed E-state index contributed by atoms with van der Waals surface area (Å²) in [6.45, 7) is 1.21. The number of halogens is 3. The van der Waals surface area contributed by atoms with Gasteiger partial charge in [0, 0.05) is 6.54 Å². The third-order valence-corrected chi connectivity index (χ3v) is 3.74. The van der Waals surface area contributed by atoms with Gasteiger partial charge < -0.3 is 10.4 Å². The van der Waals surface area contributed by atoms with Gasteiger partial charge >= 0.3 is 12.1 Å². The van der Waals surface area contributed by atoms with Gasteiger partial charge in [-0.1, -0.05) is 19.8 Å². The maximum atomic E-state index is 12.4. The first-order valence-electron chi connectivity index (χ1n) is 7.55. The van der Waals surface area contributed by atoms with E-state index in [0.717, 1.165) is 6.42 Å². The first-order valence-corrected chi connectivity index (χ1v) is 7.55. The van der Waals surface area contributed by atoms with Crippen LogP contribution >= 0.6 is 0 Å². The maximum Gasteiger partial charge on any atom is 0.401 e. The largest absolute Gasteiger partial charge is 0.480 e. The van der Waals surface area contributed by atoms with E-state index in [1.165, 1.54) is 4.90 Å². The lowest BCUT2D eigenvalue weighted by Gasteiger charge is -2.32. The van der Waals surface area contributed by atoms with Gasteiger partial charge in [-0.05, 0) is 25.8 Å². The average Bonchev–Trinajstić information content (AvgIpc) is 2.41. The molecule has 0 spiro atoms. The molecule has 1 saturated heterocycles. The molecule has 1 aliphatic heterocycles. The molecule has 1 aliphatic rings. The van der Waals surface area contributed by atoms with E-state index >= 15 is 0 Å². The quantitative estimate of drug-likeness (QED) is 0.752. The van der Waals surface area contributed by atoms with Gasteiger partial charge in [0.15, 0.2) is 0 Å². The van der Waals surface area contributed by atoms with E-state index in [1.807, 2.05) is 6.92 Å². The zero-order valence-electron chi connectivity index (χ0n) is 12.7. The Balaban J connectivity index is 2.54. The van der Waals surface area contributed by atoms with Gasteiger partial charge in [-0.2, -0.15) is 13.2 Å². The molecule has 2 N–H and O–H groups in total. The predicted molar refractivity (Wildman–Crippen MR) is 74.3 cm³/mol. The third kappa shape index (κ3) is 6.64. The van der Waals surface area contributed by atoms with Gasteiger partial charge in [0.25, 0.3) is 0 Å². The normalized spacial score (nSPS) is 21.4. The molecule has 0 aromatic heterocycles. The van der Waals surface area contributed by atoms with Crippen molar-refractivity contribution in [3.05, 3.63) is 0 Å². The monoisotopic (exact) mass is 324 g/mol. The van der Waals surface area contributed by atoms with Crippen molar-refractivity contribution in [3.8, 4) is 0 Å². The summed E-state index contributed by atoms with van der Waals surface area (Å²) in [5.41, 5.74) is 0. The summed E-state index contributed by atoms with van der Waals surface area (Å²) in [5.74, 6) is -2.15. The fourth-order valence-corrected chi connectivity index (χ4v) is 2.62. The summed E-state index contributed by atoms with van der Waals surface area (Å²) in [6.07, 6.45) is -1.49. The average molecular weight is 324 g/mol. The van der Waals surface area contributed by atoms with Crippen LogP contribution < -0.4 is 5.32 Å². The number of amides is 1. The van der Waals surface area contributed by atoms with E-state index in [0.29, 0.717) is 32.2 Å². The highest BCUT2D eigenvalue weighted by atomic mass is 19.4. The van der Waals surface area contributed by atoms with E-state index in [2.05, 4.69) is 5.32 Å². The van der Waals surface area contributed by atoms with E-state index in [1.54, 1.807) is 0 Å². The molecule has 2 atom stereocenters. The Kier molecular flexibility index (Phi) is 7.12. The first-order chi connectivity index (χ1) is 10.2. The van der Waals surface area contributed by atoms with Crippen LogP contribution in [0.1, 0.15) is 39.0 Å². The van der Waals surface area contributed by atoms with Gasteiger partial charge in [-0.25, -0.2) is 4.79 Å². The van der Waals surface area contributed by atoms with E-state index in [9.17, 15) is 22.8 Å². The number of aliphatic carboxylic acids is 1. The number of piperidine rings is 1. The Labute approximate surface area is 127 Å². The number of hydrogen-bond acceptors (Lipinski definition) is 3. The summed E-state index contributed by atoms with van der Waals surface area (Å²) in [5, 5.41) is 11.5. The predicted octanol–water partition coefficient (Wildman–Crippen LogP) is 2.02. The summed E-state index contributed by atoms with van der Waals surface area (Å²) < 4.78 is 37.2. The number of hydrogen-bond donors (Lipinski definition) is 2. The smallest absolute Gasteiger partial charge is 0.401 e. The van der Waals surface area contributed by atoms with Crippen LogP contribution in [0.5, 0.6) is 0 Å². The van der Waals surface area contributed by atoms with Crippen LogP contribution in [0.15, 0.2) is 0 Å². The number of nitrogens with zero attached hydrogens (tertiary/aromatic N) is 1. The number of carbonyl (C=O) groups excluding carboxylic acids is 1. The van der Waals surface area contributed by atoms with Crippen LogP contribution in [0.3, 0.4) is 0 Å². The standard InChI is InChI=1S/C14H23F3N2O3/c1-2-3-6-11(13(21)22)18-12(20)10-5-4-7-19(8-10)9-14(15,16)17/h10-11H,2-9H2,1H3,(H,18,20)(H,21,22)/t10?,11-/m0/s1. The highest BCUT2D eigenvalue weighted by molar-refractivity contribution is 5.85. The Morgan fingerprint density at radius 1 is 1.41 bits per heavy atom. The van der Waals surface area contributed by atoms with Crippen LogP contribution in [-0.4, -0.2) is 53.7 Å².